The van der Waals surface area contributed by atoms with E-state index in [1.54, 1.807) is 22.7 Å². The number of rotatable bonds is 4. The van der Waals surface area contributed by atoms with Crippen LogP contribution in [0.1, 0.15) is 5.69 Å². The van der Waals surface area contributed by atoms with Crippen LogP contribution >= 0.6 is 22.7 Å². The number of amides is 1. The lowest BCUT2D eigenvalue weighted by molar-refractivity contribution is -0.115. The zero-order valence-corrected chi connectivity index (χ0v) is 15.8. The normalized spacial score (nSPS) is 11.3. The number of anilines is 1. The molecular weight excluding hydrogens is 376 g/mol. The van der Waals surface area contributed by atoms with Crippen molar-refractivity contribution in [3.05, 3.63) is 70.4 Å². The number of benzene rings is 2. The topological polar surface area (TPSA) is 55.1 Å². The molecule has 0 atom stereocenters. The molecule has 0 aliphatic carbocycles. The van der Waals surface area contributed by atoms with Crippen molar-refractivity contribution in [3.8, 4) is 10.6 Å². The van der Waals surface area contributed by atoms with Crippen LogP contribution in [0.15, 0.2) is 69.1 Å². The number of hydrogen-bond donors (Lipinski definition) is 1. The SMILES string of the molecule is O=C(Cc1csc(-c2ccsc2)n1)Nc1ccc2c(c1)oc1ccccc12. The maximum atomic E-state index is 12.4. The third kappa shape index (κ3) is 3.13. The van der Waals surface area contributed by atoms with Crippen molar-refractivity contribution in [1.29, 1.82) is 0 Å². The number of thiazole rings is 1. The molecule has 0 radical (unpaired) electrons. The third-order valence-corrected chi connectivity index (χ3v) is 5.95. The number of nitrogens with zero attached hydrogens (tertiary/aromatic N) is 1. The third-order valence-electron chi connectivity index (χ3n) is 4.32. The van der Waals surface area contributed by atoms with Gasteiger partial charge in [-0.05, 0) is 29.6 Å². The standard InChI is InChI=1S/C21H14N2O2S2/c24-20(10-15-12-27-21(23-15)13-7-8-26-11-13)22-14-5-6-17-16-3-1-2-4-18(16)25-19(17)9-14/h1-9,11-12H,10H2,(H,22,24). The minimum Gasteiger partial charge on any atom is -0.456 e. The van der Waals surface area contributed by atoms with E-state index in [0.29, 0.717) is 0 Å². The van der Waals surface area contributed by atoms with Crippen molar-refractivity contribution in [1.82, 2.24) is 4.98 Å². The molecule has 5 aromatic rings. The number of hydrogen-bond acceptors (Lipinski definition) is 5. The van der Waals surface area contributed by atoms with Crippen molar-refractivity contribution < 1.29 is 9.21 Å². The highest BCUT2D eigenvalue weighted by Crippen LogP contribution is 2.30. The van der Waals surface area contributed by atoms with E-state index in [1.165, 1.54) is 0 Å². The quantitative estimate of drug-likeness (QED) is 0.412. The zero-order chi connectivity index (χ0) is 18.2. The van der Waals surface area contributed by atoms with Gasteiger partial charge in [0, 0.05) is 38.8 Å². The number of thiophene rings is 1. The maximum absolute atomic E-state index is 12.4. The summed E-state index contributed by atoms with van der Waals surface area (Å²) in [6.07, 6.45) is 0.249. The fourth-order valence-electron chi connectivity index (χ4n) is 3.08. The molecule has 0 spiro atoms. The van der Waals surface area contributed by atoms with E-state index in [0.717, 1.165) is 43.9 Å². The van der Waals surface area contributed by atoms with E-state index in [4.69, 9.17) is 4.42 Å². The van der Waals surface area contributed by atoms with Gasteiger partial charge in [-0.15, -0.1) is 11.3 Å². The van der Waals surface area contributed by atoms with Gasteiger partial charge < -0.3 is 9.73 Å². The average Bonchev–Trinajstić information content (AvgIpc) is 3.40. The van der Waals surface area contributed by atoms with Gasteiger partial charge in [0.05, 0.1) is 12.1 Å². The van der Waals surface area contributed by atoms with E-state index >= 15 is 0 Å². The lowest BCUT2D eigenvalue weighted by Gasteiger charge is -2.03. The molecule has 0 bridgehead atoms. The van der Waals surface area contributed by atoms with Crippen molar-refractivity contribution >= 4 is 56.2 Å². The fourth-order valence-corrected chi connectivity index (χ4v) is 4.61. The summed E-state index contributed by atoms with van der Waals surface area (Å²) < 4.78 is 5.88. The summed E-state index contributed by atoms with van der Waals surface area (Å²) >= 11 is 3.20. The summed E-state index contributed by atoms with van der Waals surface area (Å²) in [6, 6.07) is 15.7. The molecule has 0 saturated heterocycles. The molecule has 5 rings (SSSR count). The molecule has 3 aromatic heterocycles. The lowest BCUT2D eigenvalue weighted by atomic mass is 10.1. The predicted octanol–water partition coefficient (Wildman–Crippen LogP) is 5.95. The molecular formula is C21H14N2O2S2. The molecule has 4 nitrogen and oxygen atoms in total. The summed E-state index contributed by atoms with van der Waals surface area (Å²) in [6.45, 7) is 0. The highest BCUT2D eigenvalue weighted by Gasteiger charge is 2.11. The highest BCUT2D eigenvalue weighted by molar-refractivity contribution is 7.14. The number of furan rings is 1. The first kappa shape index (κ1) is 16.2. The van der Waals surface area contributed by atoms with E-state index < -0.39 is 0 Å². The van der Waals surface area contributed by atoms with Crippen LogP contribution in [-0.2, 0) is 11.2 Å². The van der Waals surface area contributed by atoms with Gasteiger partial charge in [-0.3, -0.25) is 4.79 Å². The zero-order valence-electron chi connectivity index (χ0n) is 14.1. The smallest absolute Gasteiger partial charge is 0.230 e. The van der Waals surface area contributed by atoms with Gasteiger partial charge in [0.15, 0.2) is 0 Å². The van der Waals surface area contributed by atoms with E-state index in [-0.39, 0.29) is 12.3 Å². The van der Waals surface area contributed by atoms with E-state index in [2.05, 4.69) is 15.7 Å². The van der Waals surface area contributed by atoms with Crippen LogP contribution in [-0.4, -0.2) is 10.9 Å². The van der Waals surface area contributed by atoms with Crippen LogP contribution in [0.3, 0.4) is 0 Å². The number of nitrogens with one attached hydrogen (secondary N) is 1. The Balaban J connectivity index is 1.34. The predicted molar refractivity (Wildman–Crippen MR) is 111 cm³/mol. The first-order valence-electron chi connectivity index (χ1n) is 8.44. The lowest BCUT2D eigenvalue weighted by Crippen LogP contribution is -2.14. The van der Waals surface area contributed by atoms with Gasteiger partial charge in [0.2, 0.25) is 5.91 Å². The molecule has 132 valence electrons. The molecule has 3 heterocycles. The Morgan fingerprint density at radius 2 is 1.93 bits per heavy atom. The van der Waals surface area contributed by atoms with Crippen molar-refractivity contribution in [3.63, 3.8) is 0 Å². The maximum Gasteiger partial charge on any atom is 0.230 e. The summed E-state index contributed by atoms with van der Waals surface area (Å²) in [4.78, 5) is 17.0. The van der Waals surface area contributed by atoms with Crippen molar-refractivity contribution in [2.75, 3.05) is 5.32 Å². The van der Waals surface area contributed by atoms with Crippen LogP contribution in [0.4, 0.5) is 5.69 Å². The second kappa shape index (κ2) is 6.64. The Labute approximate surface area is 163 Å². The largest absolute Gasteiger partial charge is 0.456 e. The molecule has 1 amide bonds. The number of para-hydroxylation sites is 1. The monoisotopic (exact) mass is 390 g/mol. The number of aromatic nitrogens is 1. The Bertz CT molecular complexity index is 1250. The Hall–Kier alpha value is -2.96. The first-order valence-corrected chi connectivity index (χ1v) is 10.3. The number of fused-ring (bicyclic) bond motifs is 3. The Morgan fingerprint density at radius 1 is 1.04 bits per heavy atom. The van der Waals surface area contributed by atoms with E-state index in [9.17, 15) is 4.79 Å². The summed E-state index contributed by atoms with van der Waals surface area (Å²) in [5.41, 5.74) is 4.22. The molecule has 6 heteroatoms. The summed E-state index contributed by atoms with van der Waals surface area (Å²) in [5, 5.41) is 12.0. The van der Waals surface area contributed by atoms with E-state index in [1.807, 2.05) is 59.3 Å². The molecule has 1 N–H and O–H groups in total. The summed E-state index contributed by atoms with van der Waals surface area (Å²) in [7, 11) is 0. The van der Waals surface area contributed by atoms with Crippen LogP contribution in [0.5, 0.6) is 0 Å². The van der Waals surface area contributed by atoms with Crippen molar-refractivity contribution in [2.45, 2.75) is 6.42 Å². The minimum absolute atomic E-state index is 0.0902. The van der Waals surface area contributed by atoms with Crippen LogP contribution in [0.25, 0.3) is 32.5 Å². The van der Waals surface area contributed by atoms with Gasteiger partial charge in [-0.25, -0.2) is 4.98 Å². The molecule has 0 unspecified atom stereocenters. The van der Waals surface area contributed by atoms with Gasteiger partial charge >= 0.3 is 0 Å². The molecule has 0 saturated carbocycles. The van der Waals surface area contributed by atoms with Crippen LogP contribution in [0.2, 0.25) is 0 Å². The highest BCUT2D eigenvalue weighted by atomic mass is 32.1. The average molecular weight is 390 g/mol. The molecule has 27 heavy (non-hydrogen) atoms. The fraction of sp³-hybridized carbons (Fsp3) is 0.0476. The minimum atomic E-state index is -0.0902. The summed E-state index contributed by atoms with van der Waals surface area (Å²) in [5.74, 6) is -0.0902. The molecule has 0 aliphatic rings. The number of carbonyl (C=O) groups excluding carboxylic acids is 1. The van der Waals surface area contributed by atoms with Gasteiger partial charge in [0.25, 0.3) is 0 Å². The van der Waals surface area contributed by atoms with Crippen molar-refractivity contribution in [2.24, 2.45) is 0 Å². The molecule has 0 aliphatic heterocycles. The molecule has 0 fully saturated rings. The molecule has 2 aromatic carbocycles. The first-order chi connectivity index (χ1) is 13.3. The van der Waals surface area contributed by atoms with Crippen LogP contribution < -0.4 is 5.32 Å². The second-order valence-corrected chi connectivity index (χ2v) is 7.83. The Kier molecular flexibility index (Phi) is 3.99. The van der Waals surface area contributed by atoms with Gasteiger partial charge in [-0.2, -0.15) is 11.3 Å². The Morgan fingerprint density at radius 3 is 2.81 bits per heavy atom. The van der Waals surface area contributed by atoms with Gasteiger partial charge in [0.1, 0.15) is 16.2 Å². The number of carbonyl (C=O) groups is 1. The van der Waals surface area contributed by atoms with Gasteiger partial charge in [-0.1, -0.05) is 18.2 Å². The van der Waals surface area contributed by atoms with Crippen LogP contribution in [0, 0.1) is 0 Å². The second-order valence-electron chi connectivity index (χ2n) is 6.19.